The smallest absolute Gasteiger partial charge is 0.193 e. The quantitative estimate of drug-likeness (QED) is 0.408. The Kier molecular flexibility index (Phi) is 8.12. The number of hydrogen-bond acceptors (Lipinski definition) is 4. The first-order valence-electron chi connectivity index (χ1n) is 9.01. The van der Waals surface area contributed by atoms with E-state index in [1.54, 1.807) is 7.11 Å². The Bertz CT molecular complexity index is 365. The van der Waals surface area contributed by atoms with Gasteiger partial charge in [0.2, 0.25) is 0 Å². The van der Waals surface area contributed by atoms with Gasteiger partial charge in [0, 0.05) is 46.3 Å². The van der Waals surface area contributed by atoms with Crippen molar-refractivity contribution in [3.05, 3.63) is 0 Å². The minimum atomic E-state index is 0.604. The van der Waals surface area contributed by atoms with E-state index < -0.39 is 0 Å². The molecular formula is C17H34N4O2. The van der Waals surface area contributed by atoms with E-state index in [0.29, 0.717) is 19.1 Å². The lowest BCUT2D eigenvalue weighted by molar-refractivity contribution is 0.0536. The zero-order chi connectivity index (χ0) is 16.5. The first-order valence-corrected chi connectivity index (χ1v) is 9.01. The maximum absolute atomic E-state index is 5.67. The molecule has 23 heavy (non-hydrogen) atoms. The molecule has 2 fully saturated rings. The van der Waals surface area contributed by atoms with Crippen LogP contribution in [0.1, 0.15) is 19.8 Å². The van der Waals surface area contributed by atoms with Gasteiger partial charge in [0.15, 0.2) is 5.96 Å². The number of nitrogens with zero attached hydrogens (tertiary/aromatic N) is 3. The van der Waals surface area contributed by atoms with Crippen molar-refractivity contribution in [3.8, 4) is 0 Å². The lowest BCUT2D eigenvalue weighted by Crippen LogP contribution is -2.42. The molecule has 2 atom stereocenters. The largest absolute Gasteiger partial charge is 0.382 e. The van der Waals surface area contributed by atoms with Crippen LogP contribution in [-0.4, -0.2) is 89.0 Å². The molecule has 0 aromatic rings. The van der Waals surface area contributed by atoms with Gasteiger partial charge in [0.1, 0.15) is 0 Å². The van der Waals surface area contributed by atoms with Crippen molar-refractivity contribution in [2.45, 2.75) is 19.8 Å². The molecule has 134 valence electrons. The molecule has 1 N–H and O–H groups in total. The normalized spacial score (nSPS) is 26.2. The van der Waals surface area contributed by atoms with Crippen LogP contribution >= 0.6 is 0 Å². The number of ether oxygens (including phenoxy) is 2. The van der Waals surface area contributed by atoms with E-state index in [9.17, 15) is 0 Å². The van der Waals surface area contributed by atoms with Crippen LogP contribution in [-0.2, 0) is 9.47 Å². The summed E-state index contributed by atoms with van der Waals surface area (Å²) in [5.41, 5.74) is 0. The van der Waals surface area contributed by atoms with Gasteiger partial charge in [-0.15, -0.1) is 0 Å². The van der Waals surface area contributed by atoms with E-state index in [1.807, 2.05) is 7.05 Å². The van der Waals surface area contributed by atoms with Gasteiger partial charge in [-0.2, -0.15) is 0 Å². The molecule has 0 amide bonds. The number of rotatable bonds is 8. The summed E-state index contributed by atoms with van der Waals surface area (Å²) in [5, 5.41) is 3.58. The number of nitrogens with one attached hydrogen (secondary N) is 1. The second-order valence-electron chi connectivity index (χ2n) is 6.64. The van der Waals surface area contributed by atoms with Crippen LogP contribution < -0.4 is 5.32 Å². The third-order valence-corrected chi connectivity index (χ3v) is 4.95. The first kappa shape index (κ1) is 18.5. The molecule has 0 aromatic heterocycles. The molecule has 0 spiro atoms. The van der Waals surface area contributed by atoms with E-state index in [1.165, 1.54) is 32.5 Å². The van der Waals surface area contributed by atoms with Gasteiger partial charge in [0.05, 0.1) is 19.8 Å². The van der Waals surface area contributed by atoms with E-state index in [4.69, 9.17) is 9.47 Å². The van der Waals surface area contributed by atoms with Crippen molar-refractivity contribution in [1.29, 1.82) is 0 Å². The SMILES string of the molecule is CCN1CCC(CNC(=NC)N2CCC(COCCOC)C2)C1. The summed E-state index contributed by atoms with van der Waals surface area (Å²) in [6.45, 7) is 11.2. The zero-order valence-corrected chi connectivity index (χ0v) is 15.1. The van der Waals surface area contributed by atoms with Crippen molar-refractivity contribution < 1.29 is 9.47 Å². The van der Waals surface area contributed by atoms with Gasteiger partial charge in [-0.1, -0.05) is 6.92 Å². The van der Waals surface area contributed by atoms with E-state index in [0.717, 1.165) is 38.1 Å². The molecule has 2 aliphatic rings. The Morgan fingerprint density at radius 3 is 2.70 bits per heavy atom. The third kappa shape index (κ3) is 5.94. The maximum atomic E-state index is 5.67. The zero-order valence-electron chi connectivity index (χ0n) is 15.1. The van der Waals surface area contributed by atoms with Crippen LogP contribution in [0.15, 0.2) is 4.99 Å². The Morgan fingerprint density at radius 2 is 2.00 bits per heavy atom. The van der Waals surface area contributed by atoms with Crippen molar-refractivity contribution in [2.24, 2.45) is 16.8 Å². The highest BCUT2D eigenvalue weighted by Gasteiger charge is 2.26. The molecular weight excluding hydrogens is 292 g/mol. The number of guanidine groups is 1. The summed E-state index contributed by atoms with van der Waals surface area (Å²) in [6.07, 6.45) is 2.48. The van der Waals surface area contributed by atoms with Gasteiger partial charge in [-0.3, -0.25) is 4.99 Å². The molecule has 6 heteroatoms. The van der Waals surface area contributed by atoms with Gasteiger partial charge >= 0.3 is 0 Å². The second-order valence-corrected chi connectivity index (χ2v) is 6.64. The predicted octanol–water partition coefficient (Wildman–Crippen LogP) is 0.889. The van der Waals surface area contributed by atoms with Crippen LogP contribution in [0.2, 0.25) is 0 Å². The number of aliphatic imine (C=N–C) groups is 1. The predicted molar refractivity (Wildman–Crippen MR) is 94.0 cm³/mol. The highest BCUT2D eigenvalue weighted by molar-refractivity contribution is 5.80. The molecule has 6 nitrogen and oxygen atoms in total. The number of likely N-dealkylation sites (tertiary alicyclic amines) is 2. The average Bonchev–Trinajstić information content (AvgIpc) is 3.22. The topological polar surface area (TPSA) is 49.3 Å². The van der Waals surface area contributed by atoms with Crippen LogP contribution in [0.4, 0.5) is 0 Å². The van der Waals surface area contributed by atoms with E-state index in [-0.39, 0.29) is 0 Å². The molecule has 0 aliphatic carbocycles. The van der Waals surface area contributed by atoms with Crippen LogP contribution in [0, 0.1) is 11.8 Å². The lowest BCUT2D eigenvalue weighted by atomic mass is 10.1. The molecule has 0 bridgehead atoms. The summed E-state index contributed by atoms with van der Waals surface area (Å²) in [6, 6.07) is 0. The third-order valence-electron chi connectivity index (χ3n) is 4.95. The molecule has 2 unspecified atom stereocenters. The molecule has 0 radical (unpaired) electrons. The summed E-state index contributed by atoms with van der Waals surface area (Å²) < 4.78 is 10.7. The van der Waals surface area contributed by atoms with E-state index >= 15 is 0 Å². The number of hydrogen-bond donors (Lipinski definition) is 1. The monoisotopic (exact) mass is 326 g/mol. The first-order chi connectivity index (χ1) is 11.3. The fourth-order valence-corrected chi connectivity index (χ4v) is 3.49. The lowest BCUT2D eigenvalue weighted by Gasteiger charge is -2.23. The number of methoxy groups -OCH3 is 1. The maximum Gasteiger partial charge on any atom is 0.193 e. The molecule has 0 aromatic carbocycles. The summed E-state index contributed by atoms with van der Waals surface area (Å²) in [4.78, 5) is 9.37. The van der Waals surface area contributed by atoms with E-state index in [2.05, 4.69) is 27.0 Å². The van der Waals surface area contributed by atoms with Gasteiger partial charge in [-0.05, 0) is 31.8 Å². The minimum absolute atomic E-state index is 0.604. The Hall–Kier alpha value is -0.850. The van der Waals surface area contributed by atoms with Crippen LogP contribution in [0.5, 0.6) is 0 Å². The minimum Gasteiger partial charge on any atom is -0.382 e. The molecule has 2 heterocycles. The summed E-state index contributed by atoms with van der Waals surface area (Å²) in [5.74, 6) is 2.41. The Labute approximate surface area is 141 Å². The molecule has 2 aliphatic heterocycles. The highest BCUT2D eigenvalue weighted by Crippen LogP contribution is 2.18. The van der Waals surface area contributed by atoms with Gasteiger partial charge in [0.25, 0.3) is 0 Å². The van der Waals surface area contributed by atoms with Crippen molar-refractivity contribution in [1.82, 2.24) is 15.1 Å². The average molecular weight is 326 g/mol. The van der Waals surface area contributed by atoms with Crippen LogP contribution in [0.3, 0.4) is 0 Å². The van der Waals surface area contributed by atoms with Crippen LogP contribution in [0.25, 0.3) is 0 Å². The van der Waals surface area contributed by atoms with Gasteiger partial charge in [-0.25, -0.2) is 0 Å². The van der Waals surface area contributed by atoms with Crippen molar-refractivity contribution in [3.63, 3.8) is 0 Å². The molecule has 0 saturated carbocycles. The summed E-state index contributed by atoms with van der Waals surface area (Å²) >= 11 is 0. The Balaban J connectivity index is 1.66. The molecule has 2 rings (SSSR count). The van der Waals surface area contributed by atoms with Gasteiger partial charge < -0.3 is 24.6 Å². The standard InChI is InChI=1S/C17H34N4O2/c1-4-20-7-5-15(12-20)11-19-17(18-2)21-8-6-16(13-21)14-23-10-9-22-3/h15-16H,4-14H2,1-3H3,(H,18,19). The fourth-order valence-electron chi connectivity index (χ4n) is 3.49. The summed E-state index contributed by atoms with van der Waals surface area (Å²) in [7, 11) is 3.60. The Morgan fingerprint density at radius 1 is 1.17 bits per heavy atom. The fraction of sp³-hybridized carbons (Fsp3) is 0.941. The van der Waals surface area contributed by atoms with Crippen molar-refractivity contribution >= 4 is 5.96 Å². The molecule has 2 saturated heterocycles. The second kappa shape index (κ2) is 10.1. The highest BCUT2D eigenvalue weighted by atomic mass is 16.5. The van der Waals surface area contributed by atoms with Crippen molar-refractivity contribution in [2.75, 3.05) is 73.2 Å².